The molecule has 0 aliphatic heterocycles. The lowest BCUT2D eigenvalue weighted by atomic mass is 9.47. The summed E-state index contributed by atoms with van der Waals surface area (Å²) < 4.78 is 0. The van der Waals surface area contributed by atoms with Gasteiger partial charge in [-0.05, 0) is 63.2 Å². The van der Waals surface area contributed by atoms with E-state index in [1.807, 2.05) is 11.8 Å². The zero-order chi connectivity index (χ0) is 13.6. The summed E-state index contributed by atoms with van der Waals surface area (Å²) in [4.78, 5) is 13.7. The van der Waals surface area contributed by atoms with Crippen LogP contribution in [0.15, 0.2) is 0 Å². The van der Waals surface area contributed by atoms with Crippen molar-refractivity contribution in [3.8, 4) is 6.07 Å². The van der Waals surface area contributed by atoms with Crippen LogP contribution in [0.4, 0.5) is 0 Å². The van der Waals surface area contributed by atoms with E-state index in [1.54, 1.807) is 6.92 Å². The normalized spacial score (nSPS) is 40.8. The Morgan fingerprint density at radius 3 is 2.05 bits per heavy atom. The van der Waals surface area contributed by atoms with Crippen LogP contribution in [0.3, 0.4) is 0 Å². The molecular weight excluding hydrogens is 236 g/mol. The van der Waals surface area contributed by atoms with Gasteiger partial charge in [0.15, 0.2) is 0 Å². The molecule has 4 aliphatic rings. The third kappa shape index (κ3) is 1.96. The molecule has 1 unspecified atom stereocenters. The van der Waals surface area contributed by atoms with E-state index in [9.17, 15) is 10.1 Å². The first-order valence-corrected chi connectivity index (χ1v) is 7.75. The van der Waals surface area contributed by atoms with Crippen LogP contribution in [0.1, 0.15) is 52.4 Å². The van der Waals surface area contributed by atoms with Gasteiger partial charge in [-0.2, -0.15) is 5.26 Å². The molecule has 1 atom stereocenters. The van der Waals surface area contributed by atoms with Gasteiger partial charge >= 0.3 is 0 Å². The molecule has 104 valence electrons. The van der Waals surface area contributed by atoms with Crippen molar-refractivity contribution in [1.29, 1.82) is 5.26 Å². The van der Waals surface area contributed by atoms with Gasteiger partial charge in [-0.3, -0.25) is 4.79 Å². The minimum Gasteiger partial charge on any atom is -0.327 e. The van der Waals surface area contributed by atoms with E-state index in [0.717, 1.165) is 17.8 Å². The van der Waals surface area contributed by atoms with Gasteiger partial charge in [0.05, 0.1) is 6.07 Å². The molecule has 3 nitrogen and oxygen atoms in total. The number of amides is 1. The highest BCUT2D eigenvalue weighted by molar-refractivity contribution is 5.74. The fraction of sp³-hybridized carbons (Fsp3) is 0.875. The Bertz CT molecular complexity index is 388. The minimum atomic E-state index is -0.191. The maximum atomic E-state index is 11.8. The lowest BCUT2D eigenvalue weighted by Crippen LogP contribution is -2.57. The zero-order valence-corrected chi connectivity index (χ0v) is 12.1. The SMILES string of the molecule is CCN(C(C)=O)C(C#N)C12CC3CC(CC(C3)C1)C2. The molecular formula is C16H24N2O. The van der Waals surface area contributed by atoms with Gasteiger partial charge in [-0.1, -0.05) is 0 Å². The number of nitrogens with zero attached hydrogens (tertiary/aromatic N) is 2. The van der Waals surface area contributed by atoms with Crippen LogP contribution in [0.5, 0.6) is 0 Å². The minimum absolute atomic E-state index is 0.0600. The van der Waals surface area contributed by atoms with Crippen LogP contribution in [0, 0.1) is 34.5 Å². The summed E-state index contributed by atoms with van der Waals surface area (Å²) in [6.45, 7) is 4.26. The highest BCUT2D eigenvalue weighted by Crippen LogP contribution is 2.61. The lowest BCUT2D eigenvalue weighted by molar-refractivity contribution is -0.139. The second-order valence-electron chi connectivity index (χ2n) is 7.12. The molecule has 4 fully saturated rings. The van der Waals surface area contributed by atoms with Crippen molar-refractivity contribution in [2.45, 2.75) is 58.4 Å². The molecule has 0 N–H and O–H groups in total. The van der Waals surface area contributed by atoms with E-state index in [-0.39, 0.29) is 17.4 Å². The van der Waals surface area contributed by atoms with E-state index < -0.39 is 0 Å². The van der Waals surface area contributed by atoms with Gasteiger partial charge in [-0.15, -0.1) is 0 Å². The van der Waals surface area contributed by atoms with Crippen LogP contribution in [0.25, 0.3) is 0 Å². The predicted molar refractivity (Wildman–Crippen MR) is 73.1 cm³/mol. The van der Waals surface area contributed by atoms with E-state index in [2.05, 4.69) is 6.07 Å². The van der Waals surface area contributed by atoms with Gasteiger partial charge in [-0.25, -0.2) is 0 Å². The lowest BCUT2D eigenvalue weighted by Gasteiger charge is -2.59. The molecule has 4 rings (SSSR count). The summed E-state index contributed by atoms with van der Waals surface area (Å²) in [5.41, 5.74) is 0.116. The smallest absolute Gasteiger partial charge is 0.220 e. The Morgan fingerprint density at radius 2 is 1.74 bits per heavy atom. The summed E-state index contributed by atoms with van der Waals surface area (Å²) in [5, 5.41) is 9.69. The van der Waals surface area contributed by atoms with Crippen LogP contribution in [0.2, 0.25) is 0 Å². The Labute approximate surface area is 116 Å². The van der Waals surface area contributed by atoms with Crippen LogP contribution in [-0.4, -0.2) is 23.4 Å². The van der Waals surface area contributed by atoms with Gasteiger partial charge in [0.2, 0.25) is 5.91 Å². The Morgan fingerprint density at radius 1 is 1.26 bits per heavy atom. The summed E-state index contributed by atoms with van der Waals surface area (Å²) in [6, 6.07) is 2.31. The fourth-order valence-corrected chi connectivity index (χ4v) is 5.64. The van der Waals surface area contributed by atoms with E-state index in [1.165, 1.54) is 38.5 Å². The van der Waals surface area contributed by atoms with Crippen molar-refractivity contribution in [2.75, 3.05) is 6.54 Å². The first kappa shape index (κ1) is 13.0. The number of hydrogen-bond acceptors (Lipinski definition) is 2. The molecule has 0 radical (unpaired) electrons. The first-order valence-electron chi connectivity index (χ1n) is 7.75. The monoisotopic (exact) mass is 260 g/mol. The number of carbonyl (C=O) groups excluding carboxylic acids is 1. The van der Waals surface area contributed by atoms with Gasteiger partial charge in [0.25, 0.3) is 0 Å². The Hall–Kier alpha value is -1.04. The highest BCUT2D eigenvalue weighted by atomic mass is 16.2. The summed E-state index contributed by atoms with van der Waals surface area (Å²) in [6.07, 6.45) is 7.68. The standard InChI is InChI=1S/C16H24N2O/c1-3-18(11(2)19)15(10-17)16-7-12-4-13(8-16)6-14(5-12)9-16/h12-15H,3-9H2,1-2H3. The van der Waals surface area contributed by atoms with Gasteiger partial charge in [0, 0.05) is 18.9 Å². The quantitative estimate of drug-likeness (QED) is 0.783. The molecule has 0 aromatic heterocycles. The van der Waals surface area contributed by atoms with Crippen molar-refractivity contribution in [2.24, 2.45) is 23.2 Å². The molecule has 19 heavy (non-hydrogen) atoms. The van der Waals surface area contributed by atoms with E-state index in [4.69, 9.17) is 0 Å². The molecule has 0 aromatic carbocycles. The molecule has 0 spiro atoms. The van der Waals surface area contributed by atoms with E-state index in [0.29, 0.717) is 6.54 Å². The van der Waals surface area contributed by atoms with E-state index >= 15 is 0 Å². The second-order valence-corrected chi connectivity index (χ2v) is 7.12. The third-order valence-corrected chi connectivity index (χ3v) is 5.84. The molecule has 0 heterocycles. The Kier molecular flexibility index (Phi) is 3.08. The van der Waals surface area contributed by atoms with Crippen LogP contribution >= 0.6 is 0 Å². The van der Waals surface area contributed by atoms with Crippen molar-refractivity contribution < 1.29 is 4.79 Å². The fourth-order valence-electron chi connectivity index (χ4n) is 5.64. The predicted octanol–water partition coefficient (Wildman–Crippen LogP) is 2.96. The first-order chi connectivity index (χ1) is 9.08. The average Bonchev–Trinajstić information content (AvgIpc) is 2.33. The number of nitriles is 1. The molecule has 0 saturated heterocycles. The van der Waals surface area contributed by atoms with Crippen molar-refractivity contribution in [1.82, 2.24) is 4.90 Å². The maximum Gasteiger partial charge on any atom is 0.220 e. The van der Waals surface area contributed by atoms with Crippen molar-refractivity contribution in [3.05, 3.63) is 0 Å². The summed E-state index contributed by atoms with van der Waals surface area (Å²) in [7, 11) is 0. The number of rotatable bonds is 3. The third-order valence-electron chi connectivity index (χ3n) is 5.84. The summed E-state index contributed by atoms with van der Waals surface area (Å²) in [5.74, 6) is 2.54. The number of carbonyl (C=O) groups is 1. The molecule has 1 amide bonds. The van der Waals surface area contributed by atoms with Crippen LogP contribution < -0.4 is 0 Å². The topological polar surface area (TPSA) is 44.1 Å². The largest absolute Gasteiger partial charge is 0.327 e. The maximum absolute atomic E-state index is 11.8. The number of hydrogen-bond donors (Lipinski definition) is 0. The summed E-state index contributed by atoms with van der Waals surface area (Å²) >= 11 is 0. The zero-order valence-electron chi connectivity index (χ0n) is 12.1. The van der Waals surface area contributed by atoms with Gasteiger partial charge < -0.3 is 4.90 Å². The Balaban J connectivity index is 1.91. The molecule has 3 heteroatoms. The van der Waals surface area contributed by atoms with Crippen molar-refractivity contribution >= 4 is 5.91 Å². The molecule has 0 aromatic rings. The average molecular weight is 260 g/mol. The molecule has 4 saturated carbocycles. The second kappa shape index (κ2) is 4.51. The highest BCUT2D eigenvalue weighted by Gasteiger charge is 2.55. The van der Waals surface area contributed by atoms with Gasteiger partial charge in [0.1, 0.15) is 6.04 Å². The van der Waals surface area contributed by atoms with Crippen LogP contribution in [-0.2, 0) is 4.79 Å². The molecule has 4 bridgehead atoms. The van der Waals surface area contributed by atoms with Crippen molar-refractivity contribution in [3.63, 3.8) is 0 Å². The molecule has 4 aliphatic carbocycles.